The SMILES string of the molecule is CC(CC(=O)O)SC1CC(C)(C)OC1(C)C. The summed E-state index contributed by atoms with van der Waals surface area (Å²) >= 11 is 1.74. The molecule has 1 aliphatic rings. The number of hydrogen-bond acceptors (Lipinski definition) is 3. The van der Waals surface area contributed by atoms with E-state index in [0.717, 1.165) is 6.42 Å². The van der Waals surface area contributed by atoms with Gasteiger partial charge in [-0.3, -0.25) is 4.79 Å². The highest BCUT2D eigenvalue weighted by Gasteiger charge is 2.46. The second-order valence-corrected chi connectivity index (χ2v) is 7.35. The Labute approximate surface area is 102 Å². The van der Waals surface area contributed by atoms with Crippen LogP contribution in [0, 0.1) is 0 Å². The van der Waals surface area contributed by atoms with E-state index >= 15 is 0 Å². The Kier molecular flexibility index (Phi) is 3.95. The van der Waals surface area contributed by atoms with Crippen LogP contribution in [0.15, 0.2) is 0 Å². The third-order valence-electron chi connectivity index (χ3n) is 2.85. The number of carboxylic acids is 1. The zero-order chi connectivity index (χ0) is 12.6. The van der Waals surface area contributed by atoms with E-state index in [1.165, 1.54) is 0 Å². The number of hydrogen-bond donors (Lipinski definition) is 1. The first kappa shape index (κ1) is 13.8. The van der Waals surface area contributed by atoms with E-state index in [0.29, 0.717) is 5.25 Å². The Morgan fingerprint density at radius 3 is 2.44 bits per heavy atom. The van der Waals surface area contributed by atoms with E-state index in [-0.39, 0.29) is 22.9 Å². The molecule has 1 N–H and O–H groups in total. The van der Waals surface area contributed by atoms with Crippen molar-refractivity contribution in [1.29, 1.82) is 0 Å². The average Bonchev–Trinajstić information content (AvgIpc) is 2.16. The van der Waals surface area contributed by atoms with Gasteiger partial charge in [0.15, 0.2) is 0 Å². The van der Waals surface area contributed by atoms with Crippen molar-refractivity contribution in [3.05, 3.63) is 0 Å². The second-order valence-electron chi connectivity index (χ2n) is 5.70. The smallest absolute Gasteiger partial charge is 0.304 e. The van der Waals surface area contributed by atoms with Crippen LogP contribution in [-0.4, -0.2) is 32.8 Å². The van der Waals surface area contributed by atoms with Crippen LogP contribution in [0.3, 0.4) is 0 Å². The molecule has 1 fully saturated rings. The maximum Gasteiger partial charge on any atom is 0.304 e. The molecule has 1 aliphatic heterocycles. The molecular formula is C12H22O3S. The van der Waals surface area contributed by atoms with Gasteiger partial charge < -0.3 is 9.84 Å². The molecule has 0 radical (unpaired) electrons. The topological polar surface area (TPSA) is 46.5 Å². The molecule has 1 rings (SSSR count). The molecule has 94 valence electrons. The molecule has 4 heteroatoms. The van der Waals surface area contributed by atoms with Crippen LogP contribution in [0.5, 0.6) is 0 Å². The molecule has 2 unspecified atom stereocenters. The molecule has 1 saturated heterocycles. The van der Waals surface area contributed by atoms with Crippen LogP contribution in [0.2, 0.25) is 0 Å². The largest absolute Gasteiger partial charge is 0.481 e. The van der Waals surface area contributed by atoms with E-state index in [4.69, 9.17) is 9.84 Å². The third-order valence-corrected chi connectivity index (χ3v) is 4.54. The molecule has 0 aliphatic carbocycles. The van der Waals surface area contributed by atoms with E-state index < -0.39 is 5.97 Å². The van der Waals surface area contributed by atoms with Crippen LogP contribution in [0.25, 0.3) is 0 Å². The summed E-state index contributed by atoms with van der Waals surface area (Å²) in [5, 5.41) is 9.26. The van der Waals surface area contributed by atoms with Crippen molar-refractivity contribution in [1.82, 2.24) is 0 Å². The first-order valence-electron chi connectivity index (χ1n) is 5.70. The number of carboxylic acid groups (broad SMARTS) is 1. The van der Waals surface area contributed by atoms with Crippen molar-refractivity contribution in [2.75, 3.05) is 0 Å². The summed E-state index contributed by atoms with van der Waals surface area (Å²) in [6.07, 6.45) is 1.20. The Morgan fingerprint density at radius 1 is 1.50 bits per heavy atom. The predicted molar refractivity (Wildman–Crippen MR) is 67.0 cm³/mol. The van der Waals surface area contributed by atoms with Crippen LogP contribution in [-0.2, 0) is 9.53 Å². The lowest BCUT2D eigenvalue weighted by atomic mass is 10.0. The van der Waals surface area contributed by atoms with Crippen LogP contribution in [0.4, 0.5) is 0 Å². The summed E-state index contributed by atoms with van der Waals surface area (Å²) < 4.78 is 5.99. The van der Waals surface area contributed by atoms with Gasteiger partial charge in [0.05, 0.1) is 17.6 Å². The van der Waals surface area contributed by atoms with Gasteiger partial charge in [0.25, 0.3) is 0 Å². The Hall–Kier alpha value is -0.220. The zero-order valence-electron chi connectivity index (χ0n) is 10.7. The quantitative estimate of drug-likeness (QED) is 0.828. The number of rotatable bonds is 4. The third kappa shape index (κ3) is 3.67. The molecule has 1 heterocycles. The van der Waals surface area contributed by atoms with Crippen molar-refractivity contribution in [2.45, 2.75) is 69.2 Å². The van der Waals surface area contributed by atoms with Gasteiger partial charge in [-0.05, 0) is 34.1 Å². The van der Waals surface area contributed by atoms with Gasteiger partial charge in [-0.15, -0.1) is 0 Å². The van der Waals surface area contributed by atoms with Crippen molar-refractivity contribution in [3.63, 3.8) is 0 Å². The predicted octanol–water partition coefficient (Wildman–Crippen LogP) is 2.93. The van der Waals surface area contributed by atoms with Gasteiger partial charge in [0.1, 0.15) is 0 Å². The maximum atomic E-state index is 10.6. The summed E-state index contributed by atoms with van der Waals surface area (Å²) in [6.45, 7) is 10.3. The molecule has 0 saturated carbocycles. The minimum atomic E-state index is -0.726. The normalized spacial score (nSPS) is 28.9. The number of aliphatic carboxylic acids is 1. The lowest BCUT2D eigenvalue weighted by Gasteiger charge is -2.28. The van der Waals surface area contributed by atoms with Gasteiger partial charge >= 0.3 is 5.97 Å². The molecule has 0 spiro atoms. The van der Waals surface area contributed by atoms with Gasteiger partial charge in [-0.1, -0.05) is 6.92 Å². The maximum absolute atomic E-state index is 10.6. The number of thioether (sulfide) groups is 1. The lowest BCUT2D eigenvalue weighted by molar-refractivity contribution is -0.136. The van der Waals surface area contributed by atoms with Gasteiger partial charge in [-0.25, -0.2) is 0 Å². The van der Waals surface area contributed by atoms with E-state index in [2.05, 4.69) is 27.7 Å². The summed E-state index contributed by atoms with van der Waals surface area (Å²) in [4.78, 5) is 10.6. The molecular weight excluding hydrogens is 224 g/mol. The second kappa shape index (κ2) is 4.57. The van der Waals surface area contributed by atoms with Gasteiger partial charge in [-0.2, -0.15) is 11.8 Å². The molecule has 0 amide bonds. The molecule has 0 bridgehead atoms. The Bertz CT molecular complexity index is 273. The van der Waals surface area contributed by atoms with Gasteiger partial charge in [0.2, 0.25) is 0 Å². The van der Waals surface area contributed by atoms with Crippen LogP contribution < -0.4 is 0 Å². The first-order chi connectivity index (χ1) is 7.12. The van der Waals surface area contributed by atoms with Crippen molar-refractivity contribution >= 4 is 17.7 Å². The minimum Gasteiger partial charge on any atom is -0.481 e. The van der Waals surface area contributed by atoms with Crippen molar-refractivity contribution in [3.8, 4) is 0 Å². The highest BCUT2D eigenvalue weighted by molar-refractivity contribution is 8.00. The zero-order valence-corrected chi connectivity index (χ0v) is 11.6. The van der Waals surface area contributed by atoms with Crippen LogP contribution in [0.1, 0.15) is 47.5 Å². The fourth-order valence-corrected chi connectivity index (χ4v) is 3.97. The summed E-state index contributed by atoms with van der Waals surface area (Å²) in [7, 11) is 0. The highest BCUT2D eigenvalue weighted by Crippen LogP contribution is 2.45. The molecule has 2 atom stereocenters. The highest BCUT2D eigenvalue weighted by atomic mass is 32.2. The standard InChI is InChI=1S/C12H22O3S/c1-8(6-10(13)14)16-9-7-11(2,3)15-12(9,4)5/h8-9H,6-7H2,1-5H3,(H,13,14). The fraction of sp³-hybridized carbons (Fsp3) is 0.917. The van der Waals surface area contributed by atoms with E-state index in [9.17, 15) is 4.79 Å². The number of ether oxygens (including phenoxy) is 1. The summed E-state index contributed by atoms with van der Waals surface area (Å²) in [5.74, 6) is -0.726. The van der Waals surface area contributed by atoms with E-state index in [1.807, 2.05) is 6.92 Å². The molecule has 0 aromatic rings. The average molecular weight is 246 g/mol. The van der Waals surface area contributed by atoms with E-state index in [1.54, 1.807) is 11.8 Å². The molecule has 0 aromatic heterocycles. The fourth-order valence-electron chi connectivity index (χ4n) is 2.30. The number of carbonyl (C=O) groups is 1. The lowest BCUT2D eigenvalue weighted by Crippen LogP contribution is -2.32. The van der Waals surface area contributed by atoms with Gasteiger partial charge in [0, 0.05) is 10.5 Å². The monoisotopic (exact) mass is 246 g/mol. The molecule has 3 nitrogen and oxygen atoms in total. The first-order valence-corrected chi connectivity index (χ1v) is 6.64. The van der Waals surface area contributed by atoms with Crippen molar-refractivity contribution < 1.29 is 14.6 Å². The summed E-state index contributed by atoms with van der Waals surface area (Å²) in [5.41, 5.74) is -0.259. The molecule has 16 heavy (non-hydrogen) atoms. The Morgan fingerprint density at radius 2 is 2.06 bits per heavy atom. The minimum absolute atomic E-state index is 0.0931. The molecule has 0 aromatic carbocycles. The van der Waals surface area contributed by atoms with Crippen LogP contribution >= 0.6 is 11.8 Å². The summed E-state index contributed by atoms with van der Waals surface area (Å²) in [6, 6.07) is 0. The van der Waals surface area contributed by atoms with Crippen molar-refractivity contribution in [2.24, 2.45) is 0 Å². The Balaban J connectivity index is 2.57.